The van der Waals surface area contributed by atoms with Gasteiger partial charge in [0.25, 0.3) is 5.56 Å². The van der Waals surface area contributed by atoms with Gasteiger partial charge in [-0.1, -0.05) is 18.2 Å². The average molecular weight is 399 g/mol. The quantitative estimate of drug-likeness (QED) is 0.786. The maximum absolute atomic E-state index is 13.1. The molecule has 0 bridgehead atoms. The predicted molar refractivity (Wildman–Crippen MR) is 112 cm³/mol. The third-order valence-electron chi connectivity index (χ3n) is 6.00. The monoisotopic (exact) mass is 398 g/mol. The van der Waals surface area contributed by atoms with E-state index in [1.165, 1.54) is 4.68 Å². The van der Waals surface area contributed by atoms with Gasteiger partial charge in [-0.15, -0.1) is 0 Å². The number of aryl methyl sites for hydroxylation is 1. The number of rotatable bonds is 4. The van der Waals surface area contributed by atoms with Crippen LogP contribution in [0.1, 0.15) is 32.4 Å². The number of morpholine rings is 1. The fourth-order valence-corrected chi connectivity index (χ4v) is 4.82. The maximum atomic E-state index is 13.1. The van der Waals surface area contributed by atoms with Crippen LogP contribution in [0.2, 0.25) is 0 Å². The molecule has 0 spiro atoms. The summed E-state index contributed by atoms with van der Waals surface area (Å²) in [6.45, 7) is 9.48. The van der Waals surface area contributed by atoms with Gasteiger partial charge in [-0.3, -0.25) is 14.5 Å². The van der Waals surface area contributed by atoms with Gasteiger partial charge < -0.3 is 9.64 Å². The molecule has 0 saturated carbocycles. The van der Waals surface area contributed by atoms with E-state index in [0.29, 0.717) is 5.39 Å². The van der Waals surface area contributed by atoms with Crippen LogP contribution in [0.3, 0.4) is 0 Å². The van der Waals surface area contributed by atoms with Gasteiger partial charge in [-0.2, -0.15) is 5.10 Å². The molecule has 7 nitrogen and oxygen atoms in total. The van der Waals surface area contributed by atoms with Crippen molar-refractivity contribution in [2.24, 2.45) is 0 Å². The molecule has 29 heavy (non-hydrogen) atoms. The Morgan fingerprint density at radius 1 is 1.17 bits per heavy atom. The zero-order valence-electron chi connectivity index (χ0n) is 17.5. The summed E-state index contributed by atoms with van der Waals surface area (Å²) in [7, 11) is 0. The molecule has 1 aromatic carbocycles. The van der Waals surface area contributed by atoms with E-state index < -0.39 is 0 Å². The molecule has 7 heteroatoms. The summed E-state index contributed by atoms with van der Waals surface area (Å²) in [5, 5.41) is 5.86. The number of amides is 1. The highest BCUT2D eigenvalue weighted by molar-refractivity contribution is 5.83. The van der Waals surface area contributed by atoms with Gasteiger partial charge in [0.2, 0.25) is 5.91 Å². The fraction of sp³-hybridized carbons (Fsp3) is 0.591. The number of fused-ring (bicyclic) bond motifs is 1. The molecule has 0 radical (unpaired) electrons. The molecular formula is C22H30N4O3. The van der Waals surface area contributed by atoms with E-state index in [1.807, 2.05) is 30.0 Å². The lowest BCUT2D eigenvalue weighted by Gasteiger charge is -2.38. The van der Waals surface area contributed by atoms with E-state index in [9.17, 15) is 9.59 Å². The van der Waals surface area contributed by atoms with Crippen molar-refractivity contribution in [1.29, 1.82) is 0 Å². The molecule has 2 fully saturated rings. The Bertz CT molecular complexity index is 947. The molecule has 0 N–H and O–H groups in total. The number of nitrogens with zero attached hydrogens (tertiary/aromatic N) is 4. The first-order chi connectivity index (χ1) is 13.9. The number of carbonyl (C=O) groups excluding carboxylic acids is 1. The Kier molecular flexibility index (Phi) is 5.69. The first-order valence-electron chi connectivity index (χ1n) is 10.6. The van der Waals surface area contributed by atoms with E-state index in [4.69, 9.17) is 4.74 Å². The van der Waals surface area contributed by atoms with E-state index >= 15 is 0 Å². The van der Waals surface area contributed by atoms with Gasteiger partial charge in [0.15, 0.2) is 0 Å². The first kappa shape index (κ1) is 20.0. The third-order valence-corrected chi connectivity index (χ3v) is 6.00. The molecule has 156 valence electrons. The Morgan fingerprint density at radius 2 is 1.86 bits per heavy atom. The van der Waals surface area contributed by atoms with Crippen LogP contribution in [0.4, 0.5) is 0 Å². The van der Waals surface area contributed by atoms with E-state index in [1.54, 1.807) is 6.07 Å². The van der Waals surface area contributed by atoms with Crippen molar-refractivity contribution in [2.75, 3.05) is 26.2 Å². The van der Waals surface area contributed by atoms with Crippen molar-refractivity contribution in [1.82, 2.24) is 19.6 Å². The Morgan fingerprint density at radius 3 is 2.59 bits per heavy atom. The lowest BCUT2D eigenvalue weighted by molar-refractivity contribution is -0.133. The Hall–Kier alpha value is -2.25. The molecule has 4 rings (SSSR count). The number of hydrogen-bond acceptors (Lipinski definition) is 5. The van der Waals surface area contributed by atoms with Crippen LogP contribution in [0.5, 0.6) is 0 Å². The van der Waals surface area contributed by atoms with Crippen LogP contribution in [0, 0.1) is 6.92 Å². The highest BCUT2D eigenvalue weighted by Crippen LogP contribution is 2.21. The SMILES string of the molecule is Cc1nn(CC(=O)N2CCC[C@@H]2CN2C[C@@H](C)O[C@@H](C)C2)c(=O)c2ccccc12. The summed E-state index contributed by atoms with van der Waals surface area (Å²) in [5.41, 5.74) is 0.563. The van der Waals surface area contributed by atoms with Crippen LogP contribution in [0.15, 0.2) is 29.1 Å². The van der Waals surface area contributed by atoms with Gasteiger partial charge in [0.1, 0.15) is 6.54 Å². The van der Waals surface area contributed by atoms with Gasteiger partial charge in [-0.25, -0.2) is 4.68 Å². The minimum atomic E-state index is -0.203. The number of ether oxygens (including phenoxy) is 1. The molecule has 0 unspecified atom stereocenters. The van der Waals surface area contributed by atoms with Crippen molar-refractivity contribution in [3.05, 3.63) is 40.3 Å². The molecule has 1 amide bonds. The molecule has 3 heterocycles. The van der Waals surface area contributed by atoms with Gasteiger partial charge in [0.05, 0.1) is 23.3 Å². The van der Waals surface area contributed by atoms with E-state index in [0.717, 1.165) is 50.1 Å². The lowest BCUT2D eigenvalue weighted by atomic mass is 10.1. The number of likely N-dealkylation sites (tertiary alicyclic amines) is 1. The standard InChI is InChI=1S/C22H30N4O3/c1-15-11-24(12-16(2)29-15)13-18-7-6-10-25(18)21(27)14-26-22(28)20-9-5-4-8-19(20)17(3)23-26/h4-5,8-9,15-16,18H,6-7,10-14H2,1-3H3/t15-,16+,18-/m1/s1. The van der Waals surface area contributed by atoms with Crippen molar-refractivity contribution in [2.45, 2.75) is 58.4 Å². The number of benzene rings is 1. The van der Waals surface area contributed by atoms with Crippen LogP contribution in [-0.2, 0) is 16.1 Å². The molecular weight excluding hydrogens is 368 g/mol. The number of aromatic nitrogens is 2. The second kappa shape index (κ2) is 8.24. The second-order valence-electron chi connectivity index (χ2n) is 8.45. The zero-order chi connectivity index (χ0) is 20.5. The van der Waals surface area contributed by atoms with Gasteiger partial charge in [-0.05, 0) is 39.7 Å². The molecule has 3 atom stereocenters. The zero-order valence-corrected chi connectivity index (χ0v) is 17.5. The third kappa shape index (κ3) is 4.21. The van der Waals surface area contributed by atoms with Crippen LogP contribution >= 0.6 is 0 Å². The predicted octanol–water partition coefficient (Wildman–Crippen LogP) is 1.81. The topological polar surface area (TPSA) is 67.7 Å². The molecule has 0 aliphatic carbocycles. The summed E-state index contributed by atoms with van der Waals surface area (Å²) < 4.78 is 7.15. The second-order valence-corrected chi connectivity index (χ2v) is 8.45. The summed E-state index contributed by atoms with van der Waals surface area (Å²) in [6.07, 6.45) is 2.44. The highest BCUT2D eigenvalue weighted by atomic mass is 16.5. The molecule has 1 aromatic heterocycles. The molecule has 2 aliphatic heterocycles. The lowest BCUT2D eigenvalue weighted by Crippen LogP contribution is -2.51. The highest BCUT2D eigenvalue weighted by Gasteiger charge is 2.32. The van der Waals surface area contributed by atoms with Crippen LogP contribution in [0.25, 0.3) is 10.8 Å². The van der Waals surface area contributed by atoms with Crippen LogP contribution in [-0.4, -0.2) is 69.9 Å². The van der Waals surface area contributed by atoms with Gasteiger partial charge >= 0.3 is 0 Å². The minimum absolute atomic E-state index is 0.00305. The van der Waals surface area contributed by atoms with E-state index in [2.05, 4.69) is 23.8 Å². The Labute approximate surface area is 171 Å². The Balaban J connectivity index is 1.48. The minimum Gasteiger partial charge on any atom is -0.373 e. The van der Waals surface area contributed by atoms with Crippen molar-refractivity contribution >= 4 is 16.7 Å². The van der Waals surface area contributed by atoms with Crippen LogP contribution < -0.4 is 5.56 Å². The van der Waals surface area contributed by atoms with E-state index in [-0.39, 0.29) is 36.3 Å². The van der Waals surface area contributed by atoms with Crippen molar-refractivity contribution in [3.63, 3.8) is 0 Å². The molecule has 2 aromatic rings. The summed E-state index contributed by atoms with van der Waals surface area (Å²) in [6, 6.07) is 7.63. The fourth-order valence-electron chi connectivity index (χ4n) is 4.82. The van der Waals surface area contributed by atoms with Gasteiger partial charge in [0, 0.05) is 37.6 Å². The average Bonchev–Trinajstić information content (AvgIpc) is 3.13. The number of hydrogen-bond donors (Lipinski definition) is 0. The number of carbonyl (C=O) groups is 1. The molecule has 2 saturated heterocycles. The summed E-state index contributed by atoms with van der Waals surface area (Å²) in [5.74, 6) is -0.0221. The smallest absolute Gasteiger partial charge is 0.275 e. The first-order valence-corrected chi connectivity index (χ1v) is 10.6. The van der Waals surface area contributed by atoms with Crippen molar-refractivity contribution < 1.29 is 9.53 Å². The largest absolute Gasteiger partial charge is 0.373 e. The summed E-state index contributed by atoms with van der Waals surface area (Å²) >= 11 is 0. The summed E-state index contributed by atoms with van der Waals surface area (Å²) in [4.78, 5) is 30.2. The maximum Gasteiger partial charge on any atom is 0.275 e. The molecule has 2 aliphatic rings. The van der Waals surface area contributed by atoms with Crippen molar-refractivity contribution in [3.8, 4) is 0 Å². The normalized spacial score (nSPS) is 25.6.